The standard InChI is InChI=1S/C12H10BrN3O2S/c13-7-6-19-11-9(7)15-12(14-3-4-17)16-10(11)8-2-1-5-18-8/h1-2,5-6,17H,3-4H2,(H,14,15,16). The number of thiophene rings is 1. The smallest absolute Gasteiger partial charge is 0.224 e. The fourth-order valence-corrected chi connectivity index (χ4v) is 3.27. The Labute approximate surface area is 121 Å². The number of aromatic nitrogens is 2. The molecule has 0 amide bonds. The van der Waals surface area contributed by atoms with Crippen LogP contribution in [0.15, 0.2) is 32.7 Å². The van der Waals surface area contributed by atoms with Gasteiger partial charge in [0, 0.05) is 11.9 Å². The number of furan rings is 1. The Hall–Kier alpha value is -1.44. The Balaban J connectivity index is 2.17. The van der Waals surface area contributed by atoms with E-state index in [0.717, 1.165) is 20.4 Å². The maximum atomic E-state index is 8.86. The normalized spacial score (nSPS) is 11.1. The summed E-state index contributed by atoms with van der Waals surface area (Å²) in [7, 11) is 0. The van der Waals surface area contributed by atoms with Crippen LogP contribution in [0.4, 0.5) is 5.95 Å². The van der Waals surface area contributed by atoms with E-state index in [4.69, 9.17) is 9.52 Å². The molecule has 3 aromatic rings. The zero-order valence-electron chi connectivity index (χ0n) is 9.76. The molecule has 98 valence electrons. The molecule has 0 aliphatic heterocycles. The van der Waals surface area contributed by atoms with Crippen molar-refractivity contribution in [3.05, 3.63) is 28.2 Å². The molecule has 0 spiro atoms. The lowest BCUT2D eigenvalue weighted by Crippen LogP contribution is -2.09. The third kappa shape index (κ3) is 2.36. The molecule has 0 fully saturated rings. The van der Waals surface area contributed by atoms with Crippen molar-refractivity contribution < 1.29 is 9.52 Å². The van der Waals surface area contributed by atoms with Gasteiger partial charge in [0.15, 0.2) is 5.76 Å². The van der Waals surface area contributed by atoms with Crippen molar-refractivity contribution >= 4 is 43.4 Å². The molecule has 2 N–H and O–H groups in total. The molecule has 0 radical (unpaired) electrons. The number of halogens is 1. The summed E-state index contributed by atoms with van der Waals surface area (Å²) in [6, 6.07) is 3.69. The highest BCUT2D eigenvalue weighted by molar-refractivity contribution is 9.10. The predicted octanol–water partition coefficient (Wildman–Crippen LogP) is 3.12. The minimum absolute atomic E-state index is 0.0300. The fraction of sp³-hybridized carbons (Fsp3) is 0.167. The number of hydrogen-bond donors (Lipinski definition) is 2. The molecular formula is C12H10BrN3O2S. The lowest BCUT2D eigenvalue weighted by Gasteiger charge is -2.05. The minimum Gasteiger partial charge on any atom is -0.463 e. The van der Waals surface area contributed by atoms with Crippen LogP contribution in [0.1, 0.15) is 0 Å². The molecule has 3 aromatic heterocycles. The van der Waals surface area contributed by atoms with Crippen LogP contribution < -0.4 is 5.32 Å². The number of fused-ring (bicyclic) bond motifs is 1. The summed E-state index contributed by atoms with van der Waals surface area (Å²) in [5.41, 5.74) is 1.60. The first-order chi connectivity index (χ1) is 9.29. The molecular weight excluding hydrogens is 330 g/mol. The number of anilines is 1. The summed E-state index contributed by atoms with van der Waals surface area (Å²) in [5.74, 6) is 1.18. The fourth-order valence-electron chi connectivity index (χ4n) is 1.72. The van der Waals surface area contributed by atoms with Crippen molar-refractivity contribution in [3.8, 4) is 11.5 Å². The molecule has 0 aliphatic rings. The molecule has 19 heavy (non-hydrogen) atoms. The van der Waals surface area contributed by atoms with Crippen molar-refractivity contribution in [1.82, 2.24) is 9.97 Å². The van der Waals surface area contributed by atoms with Gasteiger partial charge in [-0.1, -0.05) is 0 Å². The highest BCUT2D eigenvalue weighted by atomic mass is 79.9. The first-order valence-corrected chi connectivity index (χ1v) is 7.30. The van der Waals surface area contributed by atoms with Gasteiger partial charge in [0.25, 0.3) is 0 Å². The van der Waals surface area contributed by atoms with E-state index in [9.17, 15) is 0 Å². The van der Waals surface area contributed by atoms with Crippen LogP contribution >= 0.6 is 27.3 Å². The quantitative estimate of drug-likeness (QED) is 0.764. The SMILES string of the molecule is OCCNc1nc(-c2ccco2)c2scc(Br)c2n1. The average Bonchev–Trinajstić information content (AvgIpc) is 3.06. The number of aliphatic hydroxyl groups excluding tert-OH is 1. The van der Waals surface area contributed by atoms with Gasteiger partial charge in [-0.15, -0.1) is 11.3 Å². The van der Waals surface area contributed by atoms with Crippen molar-refractivity contribution in [2.45, 2.75) is 0 Å². The molecule has 7 heteroatoms. The third-order valence-electron chi connectivity index (χ3n) is 2.52. The van der Waals surface area contributed by atoms with Crippen molar-refractivity contribution in [3.63, 3.8) is 0 Å². The monoisotopic (exact) mass is 339 g/mol. The molecule has 0 bridgehead atoms. The number of nitrogens with zero attached hydrogens (tertiary/aromatic N) is 2. The van der Waals surface area contributed by atoms with E-state index in [2.05, 4.69) is 31.2 Å². The Morgan fingerprint density at radius 2 is 2.32 bits per heavy atom. The molecule has 0 atom stereocenters. The van der Waals surface area contributed by atoms with Crippen molar-refractivity contribution in [1.29, 1.82) is 0 Å². The van der Waals surface area contributed by atoms with Crippen LogP contribution in [0.3, 0.4) is 0 Å². The molecule has 3 rings (SSSR count). The van der Waals surface area contributed by atoms with Gasteiger partial charge in [0.1, 0.15) is 11.2 Å². The molecule has 3 heterocycles. The maximum absolute atomic E-state index is 8.86. The number of nitrogens with one attached hydrogen (secondary N) is 1. The van der Waals surface area contributed by atoms with Crippen LogP contribution in [-0.2, 0) is 0 Å². The molecule has 0 unspecified atom stereocenters. The Kier molecular flexibility index (Phi) is 3.50. The van der Waals surface area contributed by atoms with Crippen molar-refractivity contribution in [2.24, 2.45) is 0 Å². The number of hydrogen-bond acceptors (Lipinski definition) is 6. The van der Waals surface area contributed by atoms with Gasteiger partial charge in [-0.25, -0.2) is 9.97 Å². The summed E-state index contributed by atoms with van der Waals surface area (Å²) in [6.07, 6.45) is 1.62. The molecule has 0 aromatic carbocycles. The summed E-state index contributed by atoms with van der Waals surface area (Å²) >= 11 is 5.04. The predicted molar refractivity (Wildman–Crippen MR) is 78.4 cm³/mol. The lowest BCUT2D eigenvalue weighted by molar-refractivity contribution is 0.311. The second-order valence-electron chi connectivity index (χ2n) is 3.78. The highest BCUT2D eigenvalue weighted by Crippen LogP contribution is 2.36. The van der Waals surface area contributed by atoms with E-state index < -0.39 is 0 Å². The zero-order valence-corrected chi connectivity index (χ0v) is 12.2. The van der Waals surface area contributed by atoms with Gasteiger partial charge >= 0.3 is 0 Å². The first kappa shape index (κ1) is 12.6. The Morgan fingerprint density at radius 1 is 1.42 bits per heavy atom. The Bertz CT molecular complexity index is 696. The van der Waals surface area contributed by atoms with Crippen LogP contribution in [0.5, 0.6) is 0 Å². The van der Waals surface area contributed by atoms with E-state index in [1.807, 2.05) is 17.5 Å². The van der Waals surface area contributed by atoms with E-state index >= 15 is 0 Å². The summed E-state index contributed by atoms with van der Waals surface area (Å²) in [5, 5.41) is 13.8. The van der Waals surface area contributed by atoms with Crippen LogP contribution in [0.2, 0.25) is 0 Å². The summed E-state index contributed by atoms with van der Waals surface area (Å²) in [4.78, 5) is 8.89. The van der Waals surface area contributed by atoms with Gasteiger partial charge in [-0.05, 0) is 28.1 Å². The van der Waals surface area contributed by atoms with Gasteiger partial charge < -0.3 is 14.8 Å². The van der Waals surface area contributed by atoms with Gasteiger partial charge in [0.05, 0.1) is 22.0 Å². The van der Waals surface area contributed by atoms with E-state index in [1.54, 1.807) is 17.6 Å². The summed E-state index contributed by atoms with van der Waals surface area (Å²) < 4.78 is 7.31. The molecule has 0 saturated carbocycles. The molecule has 5 nitrogen and oxygen atoms in total. The highest BCUT2D eigenvalue weighted by Gasteiger charge is 2.15. The number of rotatable bonds is 4. The second-order valence-corrected chi connectivity index (χ2v) is 5.52. The third-order valence-corrected chi connectivity index (χ3v) is 4.41. The maximum Gasteiger partial charge on any atom is 0.224 e. The van der Waals surface area contributed by atoms with E-state index in [0.29, 0.717) is 18.3 Å². The van der Waals surface area contributed by atoms with E-state index in [1.165, 1.54) is 0 Å². The first-order valence-electron chi connectivity index (χ1n) is 5.63. The minimum atomic E-state index is 0.0300. The second kappa shape index (κ2) is 5.28. The Morgan fingerprint density at radius 3 is 3.05 bits per heavy atom. The van der Waals surface area contributed by atoms with Crippen LogP contribution in [-0.4, -0.2) is 28.2 Å². The van der Waals surface area contributed by atoms with Crippen LogP contribution in [0, 0.1) is 0 Å². The average molecular weight is 340 g/mol. The topological polar surface area (TPSA) is 71.2 Å². The van der Waals surface area contributed by atoms with Gasteiger partial charge in [-0.2, -0.15) is 0 Å². The largest absolute Gasteiger partial charge is 0.463 e. The zero-order chi connectivity index (χ0) is 13.2. The molecule has 0 aliphatic carbocycles. The van der Waals surface area contributed by atoms with Gasteiger partial charge in [0.2, 0.25) is 5.95 Å². The van der Waals surface area contributed by atoms with Crippen molar-refractivity contribution in [2.75, 3.05) is 18.5 Å². The van der Waals surface area contributed by atoms with Crippen LogP contribution in [0.25, 0.3) is 21.7 Å². The van der Waals surface area contributed by atoms with Gasteiger partial charge in [-0.3, -0.25) is 0 Å². The lowest BCUT2D eigenvalue weighted by atomic mass is 10.3. The number of aliphatic hydroxyl groups is 1. The summed E-state index contributed by atoms with van der Waals surface area (Å²) in [6.45, 7) is 0.438. The van der Waals surface area contributed by atoms with E-state index in [-0.39, 0.29) is 6.61 Å². The molecule has 0 saturated heterocycles.